The van der Waals surface area contributed by atoms with E-state index in [1.165, 1.54) is 0 Å². The predicted molar refractivity (Wildman–Crippen MR) is 57.7 cm³/mol. The number of carbonyl (C=O) groups excluding carboxylic acids is 1. The topological polar surface area (TPSA) is 26.3 Å². The lowest BCUT2D eigenvalue weighted by Crippen LogP contribution is -3.00. The summed E-state index contributed by atoms with van der Waals surface area (Å²) < 4.78 is 5.99. The Morgan fingerprint density at radius 1 is 1.20 bits per heavy atom. The highest BCUT2D eigenvalue weighted by Gasteiger charge is 2.22. The summed E-state index contributed by atoms with van der Waals surface area (Å²) in [6.45, 7) is 15.0. The standard InChI is InChI=1S/C11H22NO2.ClH/c1-6-12(7-2,8-3)9-14-11(13)10(4)5;/h4,6-9H2,1-3,5H3;1H/q+1;/p-1. The first kappa shape index (κ1) is 16.9. The van der Waals surface area contributed by atoms with Crippen LogP contribution < -0.4 is 12.4 Å². The van der Waals surface area contributed by atoms with E-state index >= 15 is 0 Å². The number of quaternary nitrogens is 1. The van der Waals surface area contributed by atoms with E-state index in [0.717, 1.165) is 24.1 Å². The van der Waals surface area contributed by atoms with Crippen LogP contribution in [0.25, 0.3) is 0 Å². The first-order chi connectivity index (χ1) is 6.51. The summed E-state index contributed by atoms with van der Waals surface area (Å²) in [6.07, 6.45) is 0. The van der Waals surface area contributed by atoms with Crippen LogP contribution in [0.2, 0.25) is 0 Å². The van der Waals surface area contributed by atoms with Crippen molar-refractivity contribution in [2.45, 2.75) is 27.7 Å². The SMILES string of the molecule is C=C(C)C(=O)OC[N+](CC)(CC)CC.[Cl-]. The molecule has 0 fully saturated rings. The van der Waals surface area contributed by atoms with Gasteiger partial charge in [-0.1, -0.05) is 6.58 Å². The third-order valence-electron chi connectivity index (χ3n) is 2.83. The summed E-state index contributed by atoms with van der Waals surface area (Å²) in [4.78, 5) is 11.2. The first-order valence-corrected chi connectivity index (χ1v) is 5.19. The van der Waals surface area contributed by atoms with Gasteiger partial charge in [0.1, 0.15) is 0 Å². The second-order valence-electron chi connectivity index (χ2n) is 3.63. The minimum absolute atomic E-state index is 0. The molecule has 0 aliphatic heterocycles. The van der Waals surface area contributed by atoms with E-state index in [-0.39, 0.29) is 18.4 Å². The smallest absolute Gasteiger partial charge is 0.337 e. The summed E-state index contributed by atoms with van der Waals surface area (Å²) in [6, 6.07) is 0. The molecule has 0 N–H and O–H groups in total. The summed E-state index contributed by atoms with van der Waals surface area (Å²) in [5.41, 5.74) is 0.464. The molecule has 0 aromatic carbocycles. The van der Waals surface area contributed by atoms with Gasteiger partial charge in [-0.2, -0.15) is 0 Å². The number of ether oxygens (including phenoxy) is 1. The van der Waals surface area contributed by atoms with E-state index in [4.69, 9.17) is 4.74 Å². The molecule has 0 radical (unpaired) electrons. The van der Waals surface area contributed by atoms with Crippen LogP contribution in [0.3, 0.4) is 0 Å². The molecule has 90 valence electrons. The number of halogens is 1. The average Bonchev–Trinajstić information content (AvgIpc) is 2.20. The summed E-state index contributed by atoms with van der Waals surface area (Å²) >= 11 is 0. The maximum atomic E-state index is 11.2. The fourth-order valence-electron chi connectivity index (χ4n) is 1.26. The molecule has 0 aliphatic carbocycles. The number of nitrogens with zero attached hydrogens (tertiary/aromatic N) is 1. The summed E-state index contributed by atoms with van der Waals surface area (Å²) in [5, 5.41) is 0. The Bertz CT molecular complexity index is 204. The average molecular weight is 236 g/mol. The van der Waals surface area contributed by atoms with Crippen molar-refractivity contribution < 1.29 is 26.4 Å². The van der Waals surface area contributed by atoms with E-state index in [1.807, 2.05) is 0 Å². The van der Waals surface area contributed by atoms with Crippen molar-refractivity contribution in [2.24, 2.45) is 0 Å². The Labute approximate surface area is 99.1 Å². The summed E-state index contributed by atoms with van der Waals surface area (Å²) in [5.74, 6) is -0.289. The third kappa shape index (κ3) is 5.19. The number of hydrogen-bond acceptors (Lipinski definition) is 2. The number of hydrogen-bond donors (Lipinski definition) is 0. The number of esters is 1. The molecule has 0 saturated heterocycles. The van der Waals surface area contributed by atoms with Crippen molar-refractivity contribution in [3.05, 3.63) is 12.2 Å². The molecule has 0 heterocycles. The maximum Gasteiger partial charge on any atom is 0.337 e. The van der Waals surface area contributed by atoms with Crippen molar-refractivity contribution in [3.63, 3.8) is 0 Å². The lowest BCUT2D eigenvalue weighted by molar-refractivity contribution is -0.938. The zero-order chi connectivity index (χ0) is 11.2. The third-order valence-corrected chi connectivity index (χ3v) is 2.83. The van der Waals surface area contributed by atoms with Crippen LogP contribution in [0.15, 0.2) is 12.2 Å². The van der Waals surface area contributed by atoms with E-state index in [0.29, 0.717) is 12.3 Å². The summed E-state index contributed by atoms with van der Waals surface area (Å²) in [7, 11) is 0. The van der Waals surface area contributed by atoms with E-state index in [9.17, 15) is 4.79 Å². The molecule has 0 aromatic heterocycles. The van der Waals surface area contributed by atoms with Gasteiger partial charge in [-0.15, -0.1) is 0 Å². The molecule has 3 nitrogen and oxygen atoms in total. The van der Waals surface area contributed by atoms with Crippen LogP contribution in [-0.2, 0) is 9.53 Å². The quantitative estimate of drug-likeness (QED) is 0.254. The van der Waals surface area contributed by atoms with Crippen molar-refractivity contribution in [3.8, 4) is 0 Å². The Kier molecular flexibility index (Phi) is 8.68. The molecule has 0 rings (SSSR count). The van der Waals surface area contributed by atoms with E-state index in [1.54, 1.807) is 6.92 Å². The first-order valence-electron chi connectivity index (χ1n) is 5.19. The molecule has 0 aliphatic rings. The lowest BCUT2D eigenvalue weighted by Gasteiger charge is -2.34. The molecular weight excluding hydrogens is 214 g/mol. The van der Waals surface area contributed by atoms with Crippen molar-refractivity contribution in [2.75, 3.05) is 26.4 Å². The van der Waals surface area contributed by atoms with Gasteiger partial charge in [0.05, 0.1) is 19.6 Å². The van der Waals surface area contributed by atoms with Crippen LogP contribution in [0.1, 0.15) is 27.7 Å². The second kappa shape index (κ2) is 7.71. The molecule has 4 heteroatoms. The van der Waals surface area contributed by atoms with Gasteiger partial charge in [0, 0.05) is 5.57 Å². The predicted octanol–water partition coefficient (Wildman–Crippen LogP) is -1.06. The molecule has 0 aromatic rings. The van der Waals surface area contributed by atoms with Crippen molar-refractivity contribution in [1.29, 1.82) is 0 Å². The lowest BCUT2D eigenvalue weighted by atomic mass is 10.3. The minimum atomic E-state index is -0.289. The van der Waals surface area contributed by atoms with Crippen LogP contribution >= 0.6 is 0 Å². The highest BCUT2D eigenvalue weighted by atomic mass is 35.5. The normalized spacial score (nSPS) is 10.4. The highest BCUT2D eigenvalue weighted by molar-refractivity contribution is 5.86. The largest absolute Gasteiger partial charge is 1.00 e. The van der Waals surface area contributed by atoms with Crippen LogP contribution in [0.4, 0.5) is 0 Å². The molecule has 0 bridgehead atoms. The van der Waals surface area contributed by atoms with Crippen molar-refractivity contribution >= 4 is 5.97 Å². The molecule has 0 atom stereocenters. The Morgan fingerprint density at radius 3 is 1.87 bits per heavy atom. The van der Waals surface area contributed by atoms with E-state index in [2.05, 4.69) is 27.4 Å². The van der Waals surface area contributed by atoms with Gasteiger partial charge in [0.25, 0.3) is 0 Å². The minimum Gasteiger partial charge on any atom is -1.00 e. The van der Waals surface area contributed by atoms with E-state index < -0.39 is 0 Å². The fourth-order valence-corrected chi connectivity index (χ4v) is 1.26. The van der Waals surface area contributed by atoms with Gasteiger partial charge < -0.3 is 17.1 Å². The number of rotatable bonds is 6. The zero-order valence-corrected chi connectivity index (χ0v) is 10.9. The Morgan fingerprint density at radius 2 is 1.60 bits per heavy atom. The van der Waals surface area contributed by atoms with Gasteiger partial charge in [-0.3, -0.25) is 4.48 Å². The molecule has 0 amide bonds. The van der Waals surface area contributed by atoms with Gasteiger partial charge in [-0.25, -0.2) is 4.79 Å². The molecule has 0 unspecified atom stereocenters. The second-order valence-corrected chi connectivity index (χ2v) is 3.63. The van der Waals surface area contributed by atoms with Gasteiger partial charge in [0.2, 0.25) is 6.73 Å². The van der Waals surface area contributed by atoms with Crippen LogP contribution in [0.5, 0.6) is 0 Å². The van der Waals surface area contributed by atoms with Gasteiger partial charge in [0.15, 0.2) is 0 Å². The zero-order valence-electron chi connectivity index (χ0n) is 10.2. The molecule has 15 heavy (non-hydrogen) atoms. The fraction of sp³-hybridized carbons (Fsp3) is 0.727. The Balaban J connectivity index is 0. The van der Waals surface area contributed by atoms with Crippen LogP contribution in [0, 0.1) is 0 Å². The molecule has 0 saturated carbocycles. The maximum absolute atomic E-state index is 11.2. The highest BCUT2D eigenvalue weighted by Crippen LogP contribution is 2.06. The van der Waals surface area contributed by atoms with Crippen LogP contribution in [-0.4, -0.2) is 36.8 Å². The van der Waals surface area contributed by atoms with Gasteiger partial charge >= 0.3 is 5.97 Å². The van der Waals surface area contributed by atoms with Crippen molar-refractivity contribution in [1.82, 2.24) is 0 Å². The molecule has 0 spiro atoms. The molecular formula is C11H22ClNO2. The Hall–Kier alpha value is -0.540. The monoisotopic (exact) mass is 235 g/mol. The number of carbonyl (C=O) groups is 1. The van der Waals surface area contributed by atoms with Gasteiger partial charge in [-0.05, 0) is 27.7 Å².